The highest BCUT2D eigenvalue weighted by atomic mass is 19.1. The van der Waals surface area contributed by atoms with Gasteiger partial charge < -0.3 is 4.74 Å². The van der Waals surface area contributed by atoms with Crippen molar-refractivity contribution in [1.82, 2.24) is 0 Å². The van der Waals surface area contributed by atoms with E-state index >= 15 is 8.78 Å². The van der Waals surface area contributed by atoms with Crippen molar-refractivity contribution < 1.29 is 22.3 Å². The molecule has 0 saturated heterocycles. The number of unbranched alkanes of at least 4 members (excludes halogenated alkanes) is 4. The van der Waals surface area contributed by atoms with Crippen molar-refractivity contribution in [1.29, 1.82) is 0 Å². The minimum absolute atomic E-state index is 0.129. The molecule has 2 aromatic rings. The van der Waals surface area contributed by atoms with E-state index in [2.05, 4.69) is 11.7 Å². The van der Waals surface area contributed by atoms with Gasteiger partial charge >= 0.3 is 0 Å². The van der Waals surface area contributed by atoms with Gasteiger partial charge in [0.15, 0.2) is 17.4 Å². The molecule has 0 aromatic heterocycles. The van der Waals surface area contributed by atoms with E-state index in [4.69, 9.17) is 0 Å². The highest BCUT2D eigenvalue weighted by Gasteiger charge is 2.36. The molecule has 4 atom stereocenters. The first-order chi connectivity index (χ1) is 16.9. The molecule has 4 rings (SSSR count). The van der Waals surface area contributed by atoms with Crippen LogP contribution in [0.1, 0.15) is 95.5 Å². The molecule has 35 heavy (non-hydrogen) atoms. The number of hydrogen-bond donors (Lipinski definition) is 0. The van der Waals surface area contributed by atoms with Gasteiger partial charge in [-0.05, 0) is 91.2 Å². The molecule has 2 aliphatic rings. The van der Waals surface area contributed by atoms with Crippen LogP contribution in [0.3, 0.4) is 0 Å². The zero-order chi connectivity index (χ0) is 24.9. The van der Waals surface area contributed by atoms with E-state index in [0.717, 1.165) is 50.3 Å². The highest BCUT2D eigenvalue weighted by molar-refractivity contribution is 5.66. The lowest BCUT2D eigenvalue weighted by Gasteiger charge is -2.42. The molecule has 0 heterocycles. The topological polar surface area (TPSA) is 9.23 Å². The van der Waals surface area contributed by atoms with Crippen LogP contribution in [0.4, 0.5) is 17.6 Å². The van der Waals surface area contributed by atoms with Gasteiger partial charge in [0.1, 0.15) is 11.6 Å². The fraction of sp³-hybridized carbons (Fsp3) is 0.600. The van der Waals surface area contributed by atoms with Crippen molar-refractivity contribution in [3.63, 3.8) is 0 Å². The number of halogens is 4. The second-order valence-corrected chi connectivity index (χ2v) is 10.7. The summed E-state index contributed by atoms with van der Waals surface area (Å²) in [7, 11) is 1.15. The predicted octanol–water partition coefficient (Wildman–Crippen LogP) is 9.58. The molecule has 1 nitrogen and oxygen atoms in total. The molecule has 2 aliphatic carbocycles. The predicted molar refractivity (Wildman–Crippen MR) is 133 cm³/mol. The summed E-state index contributed by atoms with van der Waals surface area (Å²) in [6.07, 6.45) is 14.8. The first kappa shape index (κ1) is 26.0. The lowest BCUT2D eigenvalue weighted by Crippen LogP contribution is -2.30. The summed E-state index contributed by atoms with van der Waals surface area (Å²) in [6, 6.07) is 4.56. The van der Waals surface area contributed by atoms with Gasteiger partial charge in [0, 0.05) is 0 Å². The molecule has 2 fully saturated rings. The van der Waals surface area contributed by atoms with Crippen molar-refractivity contribution in [2.45, 2.75) is 89.9 Å². The van der Waals surface area contributed by atoms with E-state index in [-0.39, 0.29) is 11.5 Å². The minimum atomic E-state index is -0.986. The van der Waals surface area contributed by atoms with Crippen molar-refractivity contribution in [2.24, 2.45) is 17.8 Å². The molecular weight excluding hydrogens is 452 g/mol. The van der Waals surface area contributed by atoms with Crippen LogP contribution in [0.25, 0.3) is 11.1 Å². The summed E-state index contributed by atoms with van der Waals surface area (Å²) < 4.78 is 63.0. The number of rotatable bonds is 9. The smallest absolute Gasteiger partial charge is 0.190 e. The monoisotopic (exact) mass is 490 g/mol. The van der Waals surface area contributed by atoms with E-state index in [1.165, 1.54) is 69.9 Å². The Morgan fingerprint density at radius 2 is 1.37 bits per heavy atom. The van der Waals surface area contributed by atoms with Gasteiger partial charge in [0.25, 0.3) is 0 Å². The molecule has 192 valence electrons. The van der Waals surface area contributed by atoms with Crippen LogP contribution in [0.2, 0.25) is 0 Å². The van der Waals surface area contributed by atoms with Gasteiger partial charge in [-0.15, -0.1) is 0 Å². The largest absolute Gasteiger partial charge is 0.491 e. The molecule has 0 aliphatic heterocycles. The first-order valence-electron chi connectivity index (χ1n) is 13.4. The summed E-state index contributed by atoms with van der Waals surface area (Å²) in [5.41, 5.74) is 0.0936. The lowest BCUT2D eigenvalue weighted by molar-refractivity contribution is 0.113. The maximum Gasteiger partial charge on any atom is 0.190 e. The van der Waals surface area contributed by atoms with Crippen molar-refractivity contribution in [3.8, 4) is 16.9 Å². The van der Waals surface area contributed by atoms with Gasteiger partial charge in [-0.2, -0.15) is 0 Å². The fourth-order valence-corrected chi connectivity index (χ4v) is 6.59. The van der Waals surface area contributed by atoms with Gasteiger partial charge in [-0.1, -0.05) is 51.9 Å². The molecular formula is C30H38F4O. The van der Waals surface area contributed by atoms with Crippen LogP contribution in [0.15, 0.2) is 24.3 Å². The second kappa shape index (κ2) is 11.8. The normalized spacial score (nSPS) is 24.3. The quantitative estimate of drug-likeness (QED) is 0.251. The number of fused-ring (bicyclic) bond motifs is 1. The van der Waals surface area contributed by atoms with Gasteiger partial charge in [0.2, 0.25) is 0 Å². The molecule has 2 aromatic carbocycles. The fourth-order valence-electron chi connectivity index (χ4n) is 6.59. The molecule has 0 amide bonds. The second-order valence-electron chi connectivity index (χ2n) is 10.7. The third-order valence-corrected chi connectivity index (χ3v) is 8.46. The maximum atomic E-state index is 15.1. The van der Waals surface area contributed by atoms with Crippen LogP contribution >= 0.6 is 0 Å². The van der Waals surface area contributed by atoms with E-state index in [9.17, 15) is 8.78 Å². The summed E-state index contributed by atoms with van der Waals surface area (Å²) in [5, 5.41) is 0. The maximum absolute atomic E-state index is 15.1. The Labute approximate surface area is 207 Å². The number of hydrogen-bond acceptors (Lipinski definition) is 1. The summed E-state index contributed by atoms with van der Waals surface area (Å²) in [6.45, 7) is 2.25. The average Bonchev–Trinajstić information content (AvgIpc) is 2.83. The lowest BCUT2D eigenvalue weighted by atomic mass is 9.63. The molecule has 0 radical (unpaired) electrons. The zero-order valence-corrected chi connectivity index (χ0v) is 21.0. The Morgan fingerprint density at radius 1 is 0.743 bits per heavy atom. The molecule has 5 heteroatoms. The first-order valence-corrected chi connectivity index (χ1v) is 13.4. The number of benzene rings is 2. The summed E-state index contributed by atoms with van der Waals surface area (Å²) >= 11 is 0. The van der Waals surface area contributed by atoms with E-state index < -0.39 is 34.6 Å². The third kappa shape index (κ3) is 6.03. The van der Waals surface area contributed by atoms with Gasteiger partial charge in [0.05, 0.1) is 12.7 Å². The van der Waals surface area contributed by atoms with Crippen LogP contribution in [0.5, 0.6) is 5.75 Å². The minimum Gasteiger partial charge on any atom is -0.491 e. The van der Waals surface area contributed by atoms with Crippen molar-refractivity contribution in [3.05, 3.63) is 53.1 Å². The molecule has 2 saturated carbocycles. The molecule has 0 bridgehead atoms. The zero-order valence-electron chi connectivity index (χ0n) is 21.0. The van der Waals surface area contributed by atoms with Crippen LogP contribution in [0, 0.1) is 41.0 Å². The molecule has 0 spiro atoms. The van der Waals surface area contributed by atoms with Gasteiger partial charge in [-0.3, -0.25) is 0 Å². The van der Waals surface area contributed by atoms with Crippen LogP contribution in [-0.4, -0.2) is 7.11 Å². The van der Waals surface area contributed by atoms with Gasteiger partial charge in [-0.25, -0.2) is 17.6 Å². The van der Waals surface area contributed by atoms with Crippen molar-refractivity contribution in [2.75, 3.05) is 7.11 Å². The highest BCUT2D eigenvalue weighted by Crippen LogP contribution is 2.49. The Bertz CT molecular complexity index is 958. The summed E-state index contributed by atoms with van der Waals surface area (Å²) in [5.74, 6) is -1.76. The Hall–Kier alpha value is -2.04. The van der Waals surface area contributed by atoms with E-state index in [1.54, 1.807) is 0 Å². The number of methoxy groups -OCH3 is 1. The van der Waals surface area contributed by atoms with E-state index in [1.807, 2.05) is 0 Å². The Balaban J connectivity index is 1.40. The Morgan fingerprint density at radius 3 is 2.03 bits per heavy atom. The number of ether oxygens (including phenoxy) is 1. The molecule has 0 N–H and O–H groups in total. The molecule has 4 unspecified atom stereocenters. The average molecular weight is 491 g/mol. The van der Waals surface area contributed by atoms with Crippen molar-refractivity contribution >= 4 is 0 Å². The Kier molecular flexibility index (Phi) is 8.77. The van der Waals surface area contributed by atoms with Crippen LogP contribution < -0.4 is 4.74 Å². The van der Waals surface area contributed by atoms with Crippen LogP contribution in [-0.2, 0) is 0 Å². The summed E-state index contributed by atoms with van der Waals surface area (Å²) in [4.78, 5) is 0. The SMILES string of the molecule is CCCCCCCC1CCC2CC(c3cc(F)c(-c4cc(F)c(OC)c(F)c4)c(F)c3)CCC2C1. The third-order valence-electron chi connectivity index (χ3n) is 8.46. The van der Waals surface area contributed by atoms with E-state index in [0.29, 0.717) is 11.5 Å². The standard InChI is InChI=1S/C30H38F4O/c1-3-4-5-6-7-8-19-9-10-21-14-22(12-11-20(21)13-19)23-15-25(31)29(26(32)16-23)24-17-27(33)30(35-2)28(34)18-24/h15-22H,3-14H2,1-2H3.